The summed E-state index contributed by atoms with van der Waals surface area (Å²) in [5.74, 6) is 0.0467. The van der Waals surface area contributed by atoms with E-state index in [2.05, 4.69) is 10.1 Å². The quantitative estimate of drug-likeness (QED) is 0.618. The van der Waals surface area contributed by atoms with E-state index in [0.717, 1.165) is 0 Å². The van der Waals surface area contributed by atoms with Crippen LogP contribution < -0.4 is 0 Å². The maximum Gasteiger partial charge on any atom is 0.239 e. The van der Waals surface area contributed by atoms with Crippen LogP contribution in [-0.2, 0) is 21.9 Å². The van der Waals surface area contributed by atoms with Crippen molar-refractivity contribution in [2.24, 2.45) is 7.05 Å². The van der Waals surface area contributed by atoms with Gasteiger partial charge in [0.2, 0.25) is 9.05 Å². The molecule has 7 heteroatoms. The molecule has 62 valence electrons. The van der Waals surface area contributed by atoms with Gasteiger partial charge in [-0.25, -0.2) is 13.4 Å². The molecule has 0 unspecified atom stereocenters. The van der Waals surface area contributed by atoms with Gasteiger partial charge >= 0.3 is 0 Å². The topological polar surface area (TPSA) is 64.8 Å². The van der Waals surface area contributed by atoms with Gasteiger partial charge in [0, 0.05) is 17.7 Å². The predicted molar refractivity (Wildman–Crippen MR) is 39.5 cm³/mol. The molecule has 0 bridgehead atoms. The summed E-state index contributed by atoms with van der Waals surface area (Å²) in [5, 5.41) is 3.68. The van der Waals surface area contributed by atoms with E-state index in [0.29, 0.717) is 5.82 Å². The normalized spacial score (nSPS) is 11.8. The Morgan fingerprint density at radius 2 is 2.36 bits per heavy atom. The number of aromatic nitrogens is 3. The van der Waals surface area contributed by atoms with Crippen LogP contribution in [0.25, 0.3) is 0 Å². The van der Waals surface area contributed by atoms with Crippen molar-refractivity contribution in [1.82, 2.24) is 14.8 Å². The van der Waals surface area contributed by atoms with Crippen molar-refractivity contribution < 1.29 is 8.42 Å². The van der Waals surface area contributed by atoms with Crippen LogP contribution in [0.15, 0.2) is 6.33 Å². The molecule has 0 atom stereocenters. The molecule has 1 aromatic heterocycles. The van der Waals surface area contributed by atoms with Crippen molar-refractivity contribution in [1.29, 1.82) is 0 Å². The Balaban J connectivity index is 2.89. The highest BCUT2D eigenvalue weighted by Crippen LogP contribution is 2.04. The van der Waals surface area contributed by atoms with Gasteiger partial charge in [0.1, 0.15) is 17.9 Å². The summed E-state index contributed by atoms with van der Waals surface area (Å²) >= 11 is 0. The summed E-state index contributed by atoms with van der Waals surface area (Å²) in [4.78, 5) is 3.69. The monoisotopic (exact) mass is 195 g/mol. The van der Waals surface area contributed by atoms with Crippen LogP contribution in [0.4, 0.5) is 0 Å². The van der Waals surface area contributed by atoms with Crippen molar-refractivity contribution in [3.63, 3.8) is 0 Å². The molecule has 0 N–H and O–H groups in total. The van der Waals surface area contributed by atoms with E-state index >= 15 is 0 Å². The number of hydrogen-bond acceptors (Lipinski definition) is 4. The van der Waals surface area contributed by atoms with Crippen molar-refractivity contribution in [3.8, 4) is 0 Å². The Hall–Kier alpha value is -0.620. The Bertz CT molecular complexity index is 344. The summed E-state index contributed by atoms with van der Waals surface area (Å²) in [5.41, 5.74) is 0. The van der Waals surface area contributed by atoms with Crippen molar-refractivity contribution in [3.05, 3.63) is 12.2 Å². The third-order valence-corrected chi connectivity index (χ3v) is 2.04. The zero-order valence-corrected chi connectivity index (χ0v) is 7.30. The van der Waals surface area contributed by atoms with Crippen LogP contribution >= 0.6 is 10.7 Å². The molecule has 0 fully saturated rings. The van der Waals surface area contributed by atoms with Gasteiger partial charge in [0.15, 0.2) is 0 Å². The van der Waals surface area contributed by atoms with Gasteiger partial charge in [-0.1, -0.05) is 0 Å². The van der Waals surface area contributed by atoms with Crippen LogP contribution in [0.5, 0.6) is 0 Å². The molecule has 0 aromatic carbocycles. The van der Waals surface area contributed by atoms with E-state index < -0.39 is 9.05 Å². The van der Waals surface area contributed by atoms with Gasteiger partial charge in [-0.2, -0.15) is 5.10 Å². The second kappa shape index (κ2) is 2.78. The van der Waals surface area contributed by atoms with Gasteiger partial charge in [0.25, 0.3) is 0 Å². The van der Waals surface area contributed by atoms with Crippen molar-refractivity contribution in [2.75, 3.05) is 0 Å². The highest BCUT2D eigenvalue weighted by atomic mass is 35.7. The largest absolute Gasteiger partial charge is 0.252 e. The SMILES string of the molecule is Cn1ncnc1CS(=O)(=O)Cl. The molecule has 0 amide bonds. The Morgan fingerprint density at radius 1 is 1.73 bits per heavy atom. The zero-order valence-electron chi connectivity index (χ0n) is 5.73. The van der Waals surface area contributed by atoms with Crippen LogP contribution in [0, 0.1) is 0 Å². The molecular weight excluding hydrogens is 190 g/mol. The number of halogens is 1. The van der Waals surface area contributed by atoms with Crippen molar-refractivity contribution in [2.45, 2.75) is 5.75 Å². The summed E-state index contributed by atoms with van der Waals surface area (Å²) in [6.45, 7) is 0. The molecule has 0 aliphatic heterocycles. The lowest BCUT2D eigenvalue weighted by atomic mass is 10.7. The van der Waals surface area contributed by atoms with E-state index in [1.807, 2.05) is 0 Å². The average Bonchev–Trinajstić information content (AvgIpc) is 2.12. The molecule has 0 saturated heterocycles. The van der Waals surface area contributed by atoms with E-state index in [1.54, 1.807) is 7.05 Å². The molecule has 0 radical (unpaired) electrons. The molecule has 0 aliphatic carbocycles. The highest BCUT2D eigenvalue weighted by molar-refractivity contribution is 8.13. The number of hydrogen-bond donors (Lipinski definition) is 0. The Morgan fingerprint density at radius 3 is 2.73 bits per heavy atom. The number of nitrogens with zero attached hydrogens (tertiary/aromatic N) is 3. The lowest BCUT2D eigenvalue weighted by molar-refractivity contribution is 0.604. The molecule has 1 aromatic rings. The lowest BCUT2D eigenvalue weighted by Gasteiger charge is -1.94. The van der Waals surface area contributed by atoms with Gasteiger partial charge in [-0.05, 0) is 0 Å². The first kappa shape index (κ1) is 8.48. The van der Waals surface area contributed by atoms with E-state index in [4.69, 9.17) is 10.7 Å². The lowest BCUT2D eigenvalue weighted by Crippen LogP contribution is -2.04. The third kappa shape index (κ3) is 2.47. The fraction of sp³-hybridized carbons (Fsp3) is 0.500. The minimum absolute atomic E-state index is 0.287. The van der Waals surface area contributed by atoms with Crippen LogP contribution in [0.1, 0.15) is 5.82 Å². The van der Waals surface area contributed by atoms with E-state index in [1.165, 1.54) is 11.0 Å². The molecule has 5 nitrogen and oxygen atoms in total. The van der Waals surface area contributed by atoms with Gasteiger partial charge in [-0.3, -0.25) is 4.68 Å². The first-order valence-electron chi connectivity index (χ1n) is 2.74. The van der Waals surface area contributed by atoms with Crippen molar-refractivity contribution >= 4 is 19.7 Å². The fourth-order valence-corrected chi connectivity index (χ4v) is 1.47. The summed E-state index contributed by atoms with van der Waals surface area (Å²) in [7, 11) is 3.07. The van der Waals surface area contributed by atoms with E-state index in [-0.39, 0.29) is 5.75 Å². The first-order valence-corrected chi connectivity index (χ1v) is 5.22. The maximum atomic E-state index is 10.5. The second-order valence-corrected chi connectivity index (χ2v) is 4.76. The smallest absolute Gasteiger partial charge is 0.239 e. The standard InChI is InChI=1S/C4H6ClN3O2S/c1-8-4(6-3-7-8)2-11(5,9)10/h3H,2H2,1H3. The van der Waals surface area contributed by atoms with Gasteiger partial charge < -0.3 is 0 Å². The molecule has 0 saturated carbocycles. The van der Waals surface area contributed by atoms with E-state index in [9.17, 15) is 8.42 Å². The minimum Gasteiger partial charge on any atom is -0.252 e. The Labute approximate surface area is 68.4 Å². The predicted octanol–water partition coefficient (Wildman–Crippen LogP) is -0.116. The second-order valence-electron chi connectivity index (χ2n) is 1.98. The molecule has 0 spiro atoms. The number of aryl methyl sites for hydroxylation is 1. The molecule has 11 heavy (non-hydrogen) atoms. The first-order chi connectivity index (χ1) is 4.99. The third-order valence-electron chi connectivity index (χ3n) is 1.11. The molecule has 1 rings (SSSR count). The fourth-order valence-electron chi connectivity index (χ4n) is 0.605. The molecule has 0 aliphatic rings. The molecule has 1 heterocycles. The summed E-state index contributed by atoms with van der Waals surface area (Å²) in [6.07, 6.45) is 1.28. The summed E-state index contributed by atoms with van der Waals surface area (Å²) < 4.78 is 22.4. The molecular formula is C4H6ClN3O2S. The summed E-state index contributed by atoms with van der Waals surface area (Å²) in [6, 6.07) is 0. The van der Waals surface area contributed by atoms with Gasteiger partial charge in [-0.15, -0.1) is 0 Å². The average molecular weight is 196 g/mol. The Kier molecular flexibility index (Phi) is 2.15. The van der Waals surface area contributed by atoms with Crippen LogP contribution in [0.3, 0.4) is 0 Å². The minimum atomic E-state index is -3.52. The highest BCUT2D eigenvalue weighted by Gasteiger charge is 2.10. The zero-order chi connectivity index (χ0) is 8.48. The van der Waals surface area contributed by atoms with Crippen LogP contribution in [-0.4, -0.2) is 23.2 Å². The maximum absolute atomic E-state index is 10.5. The van der Waals surface area contributed by atoms with Crippen LogP contribution in [0.2, 0.25) is 0 Å². The van der Waals surface area contributed by atoms with Gasteiger partial charge in [0.05, 0.1) is 0 Å². The number of rotatable bonds is 2.